The largest absolute Gasteiger partial charge is 0.756 e. The fraction of sp³-hybridized carbons (Fsp3) is 0.767. The molecule has 0 bridgehead atoms. The van der Waals surface area contributed by atoms with E-state index in [9.17, 15) is 19.0 Å². The van der Waals surface area contributed by atoms with Crippen molar-refractivity contribution >= 4 is 19.7 Å². The number of esters is 1. The van der Waals surface area contributed by atoms with E-state index in [0.29, 0.717) is 17.4 Å². The minimum Gasteiger partial charge on any atom is -0.756 e. The molecule has 9 nitrogen and oxygen atoms in total. The highest BCUT2D eigenvalue weighted by molar-refractivity contribution is 7.45. The summed E-state index contributed by atoms with van der Waals surface area (Å²) >= 11 is 0. The minimum atomic E-state index is -4.70. The number of quaternary nitrogens is 1. The maximum Gasteiger partial charge on any atom is 0.306 e. The number of unbranched alkanes of at least 4 members (excludes halogenated alkanes) is 25. The van der Waals surface area contributed by atoms with Gasteiger partial charge in [-0.1, -0.05) is 210 Å². The van der Waals surface area contributed by atoms with Crippen LogP contribution in [-0.2, 0) is 27.9 Å². The predicted molar refractivity (Wildman–Crippen MR) is 298 cm³/mol. The topological polar surface area (TPSA) is 114 Å². The molecule has 0 aliphatic rings. The van der Waals surface area contributed by atoms with Gasteiger partial charge in [0.15, 0.2) is 0 Å². The van der Waals surface area contributed by atoms with Crippen LogP contribution < -0.4 is 10.2 Å². The van der Waals surface area contributed by atoms with Crippen LogP contribution in [0.3, 0.4) is 0 Å². The number of phosphoric ester groups is 1. The highest BCUT2D eigenvalue weighted by Gasteiger charge is 2.27. The van der Waals surface area contributed by atoms with Crippen LogP contribution >= 0.6 is 7.82 Å². The van der Waals surface area contributed by atoms with E-state index in [4.69, 9.17) is 13.8 Å². The van der Waals surface area contributed by atoms with E-state index in [1.165, 1.54) is 109 Å². The number of rotatable bonds is 51. The Labute approximate surface area is 432 Å². The van der Waals surface area contributed by atoms with Gasteiger partial charge in [0.05, 0.1) is 33.8 Å². The molecule has 10 heteroatoms. The Kier molecular flexibility index (Phi) is 48.2. The van der Waals surface area contributed by atoms with Gasteiger partial charge in [-0.25, -0.2) is 0 Å². The molecule has 0 saturated heterocycles. The first-order valence-electron chi connectivity index (χ1n) is 28.7. The van der Waals surface area contributed by atoms with Crippen molar-refractivity contribution in [2.45, 2.75) is 258 Å². The molecule has 406 valence electrons. The average molecular weight is 1000 g/mol. The smallest absolute Gasteiger partial charge is 0.306 e. The first kappa shape index (κ1) is 67.5. The lowest BCUT2D eigenvalue weighted by Crippen LogP contribution is -2.47. The van der Waals surface area contributed by atoms with Gasteiger partial charge in [-0.2, -0.15) is 0 Å². The van der Waals surface area contributed by atoms with Crippen LogP contribution in [0.2, 0.25) is 0 Å². The summed E-state index contributed by atoms with van der Waals surface area (Å²) in [5.74, 6) is -0.584. The van der Waals surface area contributed by atoms with E-state index in [2.05, 4.69) is 86.8 Å². The number of nitrogens with zero attached hydrogens (tertiary/aromatic N) is 1. The van der Waals surface area contributed by atoms with Crippen LogP contribution in [0.4, 0.5) is 0 Å². The van der Waals surface area contributed by atoms with E-state index in [-0.39, 0.29) is 31.3 Å². The Bertz CT molecular complexity index is 1430. The molecular formula is C60H109N2O7P. The standard InChI is InChI=1S/C60H109N2O7P/c1-7-10-13-16-19-22-25-27-29-31-33-35-38-41-44-47-50-53-60(64)69-58(51-48-45-42-39-36-24-21-18-15-12-9-3)57(56-68-70(65,66)67-55-54-62(4,5)6)61-59(63)52-49-46-43-40-37-34-32-30-28-26-23-20-17-14-11-8-2/h11,14,20,23,27-30,34,37,48,51,57-58H,7-10,12-13,15-19,21-22,24-26,31-33,35-36,38-47,49-50,52-56H2,1-6H3,(H-,61,63,65,66)/b14-11+,23-20+,29-27+,30-28+,37-34+,51-48+. The molecule has 0 aliphatic heterocycles. The van der Waals surface area contributed by atoms with E-state index >= 15 is 0 Å². The molecule has 0 rings (SSSR count). The van der Waals surface area contributed by atoms with Gasteiger partial charge in [0.1, 0.15) is 19.3 Å². The highest BCUT2D eigenvalue weighted by atomic mass is 31.2. The van der Waals surface area contributed by atoms with E-state index in [1.807, 2.05) is 33.3 Å². The zero-order valence-electron chi connectivity index (χ0n) is 46.2. The maximum atomic E-state index is 13.5. The van der Waals surface area contributed by atoms with Gasteiger partial charge >= 0.3 is 5.97 Å². The second-order valence-corrected chi connectivity index (χ2v) is 21.8. The van der Waals surface area contributed by atoms with Crippen molar-refractivity contribution in [1.29, 1.82) is 0 Å². The summed E-state index contributed by atoms with van der Waals surface area (Å²) in [5, 5.41) is 3.00. The lowest BCUT2D eigenvalue weighted by Gasteiger charge is -2.30. The molecule has 70 heavy (non-hydrogen) atoms. The Balaban J connectivity index is 5.37. The first-order valence-corrected chi connectivity index (χ1v) is 30.2. The lowest BCUT2D eigenvalue weighted by atomic mass is 10.1. The van der Waals surface area contributed by atoms with Crippen LogP contribution in [0.1, 0.15) is 245 Å². The number of nitrogens with one attached hydrogen (secondary N) is 1. The Morgan fingerprint density at radius 3 is 1.40 bits per heavy atom. The molecule has 0 aromatic rings. The number of hydrogen-bond acceptors (Lipinski definition) is 7. The SMILES string of the molecule is CC/C=C/C/C=C/C/C=C/C/C=C/CCCCCC(=O)NC(COP(=O)([O-])OCC[N+](C)(C)C)C(/C=C/CCCCCCCCCCC)OC(=O)CCCCCCCCC/C=C/CCCCCCCC. The summed E-state index contributed by atoms with van der Waals surface area (Å²) in [5.41, 5.74) is 0. The number of ether oxygens (including phenoxy) is 1. The minimum absolute atomic E-state index is 0.0318. The van der Waals surface area contributed by atoms with Gasteiger partial charge in [-0.05, 0) is 96.0 Å². The monoisotopic (exact) mass is 1000 g/mol. The average Bonchev–Trinajstić information content (AvgIpc) is 3.32. The number of carbonyl (C=O) groups is 2. The molecule has 0 fully saturated rings. The number of phosphoric acid groups is 1. The van der Waals surface area contributed by atoms with Crippen LogP contribution in [0.5, 0.6) is 0 Å². The number of hydrogen-bond donors (Lipinski definition) is 1. The van der Waals surface area contributed by atoms with Crippen molar-refractivity contribution in [3.63, 3.8) is 0 Å². The molecule has 0 aromatic carbocycles. The molecule has 0 heterocycles. The summed E-state index contributed by atoms with van der Waals surface area (Å²) in [7, 11) is 1.15. The normalized spacial score (nSPS) is 14.3. The Morgan fingerprint density at radius 1 is 0.514 bits per heavy atom. The molecule has 0 saturated carbocycles. The van der Waals surface area contributed by atoms with Gasteiger partial charge in [-0.15, -0.1) is 0 Å². The fourth-order valence-electron chi connectivity index (χ4n) is 7.92. The quantitative estimate of drug-likeness (QED) is 0.0212. The van der Waals surface area contributed by atoms with Crippen molar-refractivity contribution < 1.29 is 37.3 Å². The van der Waals surface area contributed by atoms with Crippen LogP contribution in [0.15, 0.2) is 72.9 Å². The molecule has 0 radical (unpaired) electrons. The highest BCUT2D eigenvalue weighted by Crippen LogP contribution is 2.38. The predicted octanol–water partition coefficient (Wildman–Crippen LogP) is 16.6. The zero-order valence-corrected chi connectivity index (χ0v) is 47.1. The van der Waals surface area contributed by atoms with Crippen LogP contribution in [0.25, 0.3) is 0 Å². The fourth-order valence-corrected chi connectivity index (χ4v) is 8.64. The van der Waals surface area contributed by atoms with Crippen molar-refractivity contribution in [3.8, 4) is 0 Å². The van der Waals surface area contributed by atoms with Gasteiger partial charge in [0, 0.05) is 12.8 Å². The summed E-state index contributed by atoms with van der Waals surface area (Å²) in [6.07, 6.45) is 63.0. The molecule has 3 unspecified atom stereocenters. The van der Waals surface area contributed by atoms with Crippen molar-refractivity contribution in [2.24, 2.45) is 0 Å². The lowest BCUT2D eigenvalue weighted by molar-refractivity contribution is -0.870. The van der Waals surface area contributed by atoms with Crippen molar-refractivity contribution in [3.05, 3.63) is 72.9 Å². The van der Waals surface area contributed by atoms with Crippen LogP contribution in [0, 0.1) is 0 Å². The third-order valence-electron chi connectivity index (χ3n) is 12.4. The number of amides is 1. The third-order valence-corrected chi connectivity index (χ3v) is 13.3. The summed E-state index contributed by atoms with van der Waals surface area (Å²) in [4.78, 5) is 39.8. The molecule has 1 amide bonds. The van der Waals surface area contributed by atoms with E-state index in [0.717, 1.165) is 96.3 Å². The Morgan fingerprint density at radius 2 is 0.914 bits per heavy atom. The van der Waals surface area contributed by atoms with Crippen molar-refractivity contribution in [2.75, 3.05) is 40.9 Å². The van der Waals surface area contributed by atoms with Gasteiger partial charge < -0.3 is 28.5 Å². The van der Waals surface area contributed by atoms with Gasteiger partial charge in [-0.3, -0.25) is 14.2 Å². The zero-order chi connectivity index (χ0) is 51.5. The number of allylic oxidation sites excluding steroid dienone is 11. The molecule has 0 spiro atoms. The van der Waals surface area contributed by atoms with E-state index < -0.39 is 26.6 Å². The maximum absolute atomic E-state index is 13.5. The summed E-state index contributed by atoms with van der Waals surface area (Å²) in [6, 6.07) is -0.908. The van der Waals surface area contributed by atoms with Crippen LogP contribution in [-0.4, -0.2) is 69.4 Å². The molecule has 0 aromatic heterocycles. The first-order chi connectivity index (χ1) is 33.9. The number of carbonyl (C=O) groups excluding carboxylic acids is 2. The molecule has 0 aliphatic carbocycles. The van der Waals surface area contributed by atoms with Gasteiger partial charge in [0.25, 0.3) is 7.82 Å². The number of likely N-dealkylation sites (N-methyl/N-ethyl adjacent to an activating group) is 1. The summed E-state index contributed by atoms with van der Waals surface area (Å²) in [6.45, 7) is 6.68. The Hall–Kier alpha value is -2.55. The third kappa shape index (κ3) is 50.4. The molecule has 1 N–H and O–H groups in total. The second-order valence-electron chi connectivity index (χ2n) is 20.4. The van der Waals surface area contributed by atoms with Crippen molar-refractivity contribution in [1.82, 2.24) is 5.32 Å². The second kappa shape index (κ2) is 50.0. The molecule has 3 atom stereocenters. The summed E-state index contributed by atoms with van der Waals surface area (Å²) < 4.78 is 30.2. The van der Waals surface area contributed by atoms with E-state index in [1.54, 1.807) is 0 Å². The van der Waals surface area contributed by atoms with Gasteiger partial charge in [0.2, 0.25) is 5.91 Å². The molecular weight excluding hydrogens is 892 g/mol.